The molecule has 0 heterocycles. The van der Waals surface area contributed by atoms with Gasteiger partial charge in [-0.25, -0.2) is 4.79 Å². The van der Waals surface area contributed by atoms with Crippen LogP contribution in [0.2, 0.25) is 5.02 Å². The van der Waals surface area contributed by atoms with Crippen LogP contribution >= 0.6 is 11.6 Å². The van der Waals surface area contributed by atoms with E-state index in [1.54, 1.807) is 24.3 Å². The normalized spacial score (nSPS) is 11.7. The summed E-state index contributed by atoms with van der Waals surface area (Å²) in [5.41, 5.74) is 0.817. The van der Waals surface area contributed by atoms with E-state index in [2.05, 4.69) is 10.6 Å². The summed E-state index contributed by atoms with van der Waals surface area (Å²) in [5, 5.41) is 23.2. The maximum Gasteiger partial charge on any atom is 0.315 e. The first-order valence-electron chi connectivity index (χ1n) is 6.15. The molecule has 20 heavy (non-hydrogen) atoms. The highest BCUT2D eigenvalue weighted by atomic mass is 35.5. The topological polar surface area (TPSA) is 98.7 Å². The Balaban J connectivity index is 2.56. The fourth-order valence-corrected chi connectivity index (χ4v) is 1.76. The van der Waals surface area contributed by atoms with Crippen molar-refractivity contribution in [3.05, 3.63) is 34.9 Å². The van der Waals surface area contributed by atoms with E-state index in [1.165, 1.54) is 0 Å². The lowest BCUT2D eigenvalue weighted by Crippen LogP contribution is -2.39. The number of nitrogens with one attached hydrogen (secondary N) is 2. The van der Waals surface area contributed by atoms with Crippen LogP contribution in [0.15, 0.2) is 24.3 Å². The van der Waals surface area contributed by atoms with E-state index >= 15 is 0 Å². The summed E-state index contributed by atoms with van der Waals surface area (Å²) in [4.78, 5) is 22.0. The number of rotatable bonds is 7. The molecule has 0 radical (unpaired) electrons. The third-order valence-corrected chi connectivity index (χ3v) is 2.87. The minimum absolute atomic E-state index is 0.0492. The SMILES string of the molecule is O=C(O)CCNC(=O)NC(CCO)c1ccc(Cl)cc1. The number of hydrogen-bond donors (Lipinski definition) is 4. The molecule has 1 atom stereocenters. The van der Waals surface area contributed by atoms with Gasteiger partial charge >= 0.3 is 12.0 Å². The summed E-state index contributed by atoms with van der Waals surface area (Å²) in [7, 11) is 0. The lowest BCUT2D eigenvalue weighted by atomic mass is 10.0. The molecule has 0 aliphatic heterocycles. The van der Waals surface area contributed by atoms with Crippen LogP contribution in [0.25, 0.3) is 0 Å². The Hall–Kier alpha value is -1.79. The first kappa shape index (κ1) is 16.3. The maximum atomic E-state index is 11.6. The van der Waals surface area contributed by atoms with Crippen molar-refractivity contribution in [2.45, 2.75) is 18.9 Å². The average Bonchev–Trinajstić information content (AvgIpc) is 2.38. The molecule has 0 saturated carbocycles. The zero-order valence-corrected chi connectivity index (χ0v) is 11.6. The summed E-state index contributed by atoms with van der Waals surface area (Å²) in [6.45, 7) is -0.0314. The number of carbonyl (C=O) groups is 2. The second-order valence-corrected chi connectivity index (χ2v) is 4.60. The number of carboxylic acid groups (broad SMARTS) is 1. The zero-order chi connectivity index (χ0) is 15.0. The molecular formula is C13H17ClN2O4. The number of urea groups is 1. The fourth-order valence-electron chi connectivity index (χ4n) is 1.64. The van der Waals surface area contributed by atoms with Crippen molar-refractivity contribution in [2.75, 3.05) is 13.2 Å². The highest BCUT2D eigenvalue weighted by molar-refractivity contribution is 6.30. The molecule has 0 aromatic heterocycles. The number of amides is 2. The van der Waals surface area contributed by atoms with Gasteiger partial charge in [0.1, 0.15) is 0 Å². The minimum Gasteiger partial charge on any atom is -0.481 e. The lowest BCUT2D eigenvalue weighted by molar-refractivity contribution is -0.136. The van der Waals surface area contributed by atoms with Gasteiger partial charge in [0.25, 0.3) is 0 Å². The number of aliphatic hydroxyl groups is 1. The predicted molar refractivity (Wildman–Crippen MR) is 74.7 cm³/mol. The largest absolute Gasteiger partial charge is 0.481 e. The van der Waals surface area contributed by atoms with Crippen LogP contribution in [0.5, 0.6) is 0 Å². The number of carbonyl (C=O) groups excluding carboxylic acids is 1. The Kier molecular flexibility index (Phi) is 6.83. The summed E-state index contributed by atoms with van der Waals surface area (Å²) < 4.78 is 0. The van der Waals surface area contributed by atoms with Crippen LogP contribution in [-0.4, -0.2) is 35.4 Å². The number of hydrogen-bond acceptors (Lipinski definition) is 3. The maximum absolute atomic E-state index is 11.6. The lowest BCUT2D eigenvalue weighted by Gasteiger charge is -2.18. The van der Waals surface area contributed by atoms with E-state index in [-0.39, 0.29) is 25.6 Å². The van der Waals surface area contributed by atoms with Crippen LogP contribution in [0, 0.1) is 0 Å². The Morgan fingerprint density at radius 3 is 2.45 bits per heavy atom. The van der Waals surface area contributed by atoms with Gasteiger partial charge < -0.3 is 20.8 Å². The third-order valence-electron chi connectivity index (χ3n) is 2.62. The van der Waals surface area contributed by atoms with Gasteiger partial charge in [0.05, 0.1) is 12.5 Å². The van der Waals surface area contributed by atoms with E-state index in [0.29, 0.717) is 11.4 Å². The fraction of sp³-hybridized carbons (Fsp3) is 0.385. The van der Waals surface area contributed by atoms with E-state index in [1.807, 2.05) is 0 Å². The van der Waals surface area contributed by atoms with Crippen LogP contribution in [0.3, 0.4) is 0 Å². The molecule has 2 amide bonds. The van der Waals surface area contributed by atoms with Gasteiger partial charge in [0, 0.05) is 18.2 Å². The molecule has 1 aromatic rings. The first-order chi connectivity index (χ1) is 9.52. The molecule has 1 aromatic carbocycles. The smallest absolute Gasteiger partial charge is 0.315 e. The van der Waals surface area contributed by atoms with Crippen molar-refractivity contribution in [1.82, 2.24) is 10.6 Å². The van der Waals surface area contributed by atoms with Gasteiger partial charge in [0.2, 0.25) is 0 Å². The van der Waals surface area contributed by atoms with Crippen molar-refractivity contribution >= 4 is 23.6 Å². The van der Waals surface area contributed by atoms with Gasteiger partial charge in [-0.05, 0) is 24.1 Å². The Morgan fingerprint density at radius 1 is 1.25 bits per heavy atom. The van der Waals surface area contributed by atoms with E-state index < -0.39 is 12.0 Å². The third kappa shape index (κ3) is 5.90. The summed E-state index contributed by atoms with van der Waals surface area (Å²) >= 11 is 5.79. The minimum atomic E-state index is -0.977. The van der Waals surface area contributed by atoms with Crippen LogP contribution in [0.4, 0.5) is 4.79 Å². The Bertz CT molecular complexity index is 450. The standard InChI is InChI=1S/C13H17ClN2O4/c14-10-3-1-9(2-4-10)11(6-8-17)16-13(20)15-7-5-12(18)19/h1-4,11,17H,5-8H2,(H,18,19)(H2,15,16,20). The molecule has 110 valence electrons. The van der Waals surface area contributed by atoms with Crippen LogP contribution in [-0.2, 0) is 4.79 Å². The van der Waals surface area contributed by atoms with Crippen molar-refractivity contribution < 1.29 is 19.8 Å². The predicted octanol–water partition coefficient (Wildman–Crippen LogP) is 1.54. The summed E-state index contributed by atoms with van der Waals surface area (Å²) in [6.07, 6.45) is 0.215. The van der Waals surface area contributed by atoms with Crippen LogP contribution in [0.1, 0.15) is 24.4 Å². The van der Waals surface area contributed by atoms with Crippen molar-refractivity contribution in [3.63, 3.8) is 0 Å². The number of halogens is 1. The van der Waals surface area contributed by atoms with Gasteiger partial charge in [-0.15, -0.1) is 0 Å². The second kappa shape index (κ2) is 8.39. The first-order valence-corrected chi connectivity index (χ1v) is 6.53. The number of aliphatic hydroxyl groups excluding tert-OH is 1. The Morgan fingerprint density at radius 2 is 1.90 bits per heavy atom. The van der Waals surface area contributed by atoms with Gasteiger partial charge in [0.15, 0.2) is 0 Å². The highest BCUT2D eigenvalue weighted by Gasteiger charge is 2.14. The summed E-state index contributed by atoms with van der Waals surface area (Å²) in [6, 6.07) is 6.10. The molecule has 1 unspecified atom stereocenters. The molecule has 0 fully saturated rings. The molecule has 4 N–H and O–H groups in total. The van der Waals surface area contributed by atoms with Crippen molar-refractivity contribution in [2.24, 2.45) is 0 Å². The zero-order valence-electron chi connectivity index (χ0n) is 10.8. The van der Waals surface area contributed by atoms with Crippen molar-refractivity contribution in [3.8, 4) is 0 Å². The van der Waals surface area contributed by atoms with Gasteiger partial charge in [-0.1, -0.05) is 23.7 Å². The van der Waals surface area contributed by atoms with E-state index in [4.69, 9.17) is 21.8 Å². The van der Waals surface area contributed by atoms with Gasteiger partial charge in [-0.3, -0.25) is 4.79 Å². The Labute approximate surface area is 121 Å². The highest BCUT2D eigenvalue weighted by Crippen LogP contribution is 2.19. The molecule has 6 nitrogen and oxygen atoms in total. The number of carboxylic acids is 1. The monoisotopic (exact) mass is 300 g/mol. The molecule has 0 bridgehead atoms. The quantitative estimate of drug-likeness (QED) is 0.614. The molecule has 7 heteroatoms. The van der Waals surface area contributed by atoms with Crippen LogP contribution < -0.4 is 10.6 Å². The molecule has 0 spiro atoms. The average molecular weight is 301 g/mol. The molecule has 0 aliphatic carbocycles. The van der Waals surface area contributed by atoms with E-state index in [0.717, 1.165) is 5.56 Å². The number of benzene rings is 1. The second-order valence-electron chi connectivity index (χ2n) is 4.16. The molecule has 1 rings (SSSR count). The molecular weight excluding hydrogens is 284 g/mol. The molecule has 0 aliphatic rings. The van der Waals surface area contributed by atoms with Gasteiger partial charge in [-0.2, -0.15) is 0 Å². The number of aliphatic carboxylic acids is 1. The molecule has 0 saturated heterocycles. The van der Waals surface area contributed by atoms with E-state index in [9.17, 15) is 9.59 Å². The summed E-state index contributed by atoms with van der Waals surface area (Å²) in [5.74, 6) is -0.977. The van der Waals surface area contributed by atoms with Crippen molar-refractivity contribution in [1.29, 1.82) is 0 Å².